The molecular formula is C25H19BF4N2. The van der Waals surface area contributed by atoms with Crippen LogP contribution in [-0.4, -0.2) is 26.7 Å². The Morgan fingerprint density at radius 2 is 1.22 bits per heavy atom. The Kier molecular flexibility index (Phi) is 7.15. The highest BCUT2D eigenvalue weighted by atomic mass is 19.5. The normalized spacial score (nSPS) is 16.2. The number of para-hydroxylation sites is 2. The summed E-state index contributed by atoms with van der Waals surface area (Å²) in [7, 11) is -3.87. The van der Waals surface area contributed by atoms with E-state index >= 15 is 0 Å². The second kappa shape index (κ2) is 10.0. The molecule has 1 unspecified atom stereocenters. The third-order valence-electron chi connectivity index (χ3n) is 4.60. The third kappa shape index (κ3) is 6.34. The molecule has 7 heteroatoms. The molecule has 1 heterocycles. The molecule has 1 aliphatic rings. The van der Waals surface area contributed by atoms with Crippen LogP contribution in [0.2, 0.25) is 0 Å². The van der Waals surface area contributed by atoms with E-state index in [0.717, 1.165) is 28.3 Å². The van der Waals surface area contributed by atoms with Crippen LogP contribution >= 0.6 is 0 Å². The molecule has 32 heavy (non-hydrogen) atoms. The average molecular weight is 434 g/mol. The van der Waals surface area contributed by atoms with Crippen molar-refractivity contribution in [3.05, 3.63) is 96.1 Å². The number of hydrogen-bond acceptors (Lipinski definition) is 1. The van der Waals surface area contributed by atoms with Crippen LogP contribution in [0.15, 0.2) is 89.9 Å². The standard InChI is InChI=1S/C25H19N2.BF4/c1-27(20-10-15-21-11-4-2-5-12-21)24-17-9-8-16-23(24)26-25(27)19-18-22-13-6-3-7-14-22;2-1(3,4)5/h2-9,11-14,16-17H,20H2,1H3;/q+1;-1. The van der Waals surface area contributed by atoms with Crippen molar-refractivity contribution < 1.29 is 17.3 Å². The van der Waals surface area contributed by atoms with Crippen molar-refractivity contribution in [1.29, 1.82) is 0 Å². The monoisotopic (exact) mass is 434 g/mol. The minimum atomic E-state index is -6.00. The van der Waals surface area contributed by atoms with Crippen LogP contribution in [0.3, 0.4) is 0 Å². The Morgan fingerprint density at radius 3 is 1.81 bits per heavy atom. The summed E-state index contributed by atoms with van der Waals surface area (Å²) in [6, 6.07) is 28.3. The van der Waals surface area contributed by atoms with E-state index in [1.165, 1.54) is 0 Å². The van der Waals surface area contributed by atoms with E-state index in [1.807, 2.05) is 78.9 Å². The summed E-state index contributed by atoms with van der Waals surface area (Å²) in [6.45, 7) is 0.619. The number of benzene rings is 3. The summed E-state index contributed by atoms with van der Waals surface area (Å²) < 4.78 is 39.5. The van der Waals surface area contributed by atoms with Crippen LogP contribution in [-0.2, 0) is 0 Å². The molecule has 0 radical (unpaired) electrons. The number of halogens is 4. The van der Waals surface area contributed by atoms with Crippen molar-refractivity contribution in [3.8, 4) is 23.7 Å². The number of aliphatic imine (C=N–C) groups is 1. The largest absolute Gasteiger partial charge is 0.673 e. The lowest BCUT2D eigenvalue weighted by molar-refractivity contribution is 0.368. The topological polar surface area (TPSA) is 12.4 Å². The van der Waals surface area contributed by atoms with Gasteiger partial charge in [-0.3, -0.25) is 0 Å². The molecule has 0 saturated carbocycles. The van der Waals surface area contributed by atoms with Gasteiger partial charge in [-0.15, -0.1) is 0 Å². The van der Waals surface area contributed by atoms with E-state index in [2.05, 4.69) is 36.8 Å². The van der Waals surface area contributed by atoms with Gasteiger partial charge < -0.3 is 17.3 Å². The predicted molar refractivity (Wildman–Crippen MR) is 123 cm³/mol. The van der Waals surface area contributed by atoms with Crippen molar-refractivity contribution >= 4 is 24.5 Å². The minimum absolute atomic E-state index is 0.496. The molecule has 3 aromatic carbocycles. The van der Waals surface area contributed by atoms with Crippen LogP contribution in [0.1, 0.15) is 11.1 Å². The molecule has 160 valence electrons. The minimum Gasteiger partial charge on any atom is -0.418 e. The summed E-state index contributed by atoms with van der Waals surface area (Å²) in [6.07, 6.45) is 0. The third-order valence-corrected chi connectivity index (χ3v) is 4.60. The lowest BCUT2D eigenvalue weighted by atomic mass is 10.2. The zero-order valence-corrected chi connectivity index (χ0v) is 17.3. The molecule has 0 aromatic heterocycles. The maximum atomic E-state index is 9.75. The first kappa shape index (κ1) is 22.9. The van der Waals surface area contributed by atoms with E-state index in [0.29, 0.717) is 11.0 Å². The summed E-state index contributed by atoms with van der Waals surface area (Å²) in [4.78, 5) is 4.79. The van der Waals surface area contributed by atoms with Gasteiger partial charge in [0.15, 0.2) is 12.2 Å². The highest BCUT2D eigenvalue weighted by Gasteiger charge is 2.38. The smallest absolute Gasteiger partial charge is 0.418 e. The maximum Gasteiger partial charge on any atom is 0.673 e. The molecule has 0 bridgehead atoms. The molecule has 0 amide bonds. The Bertz CT molecular complexity index is 1210. The lowest BCUT2D eigenvalue weighted by Gasteiger charge is -2.25. The fourth-order valence-corrected chi connectivity index (χ4v) is 3.10. The number of nitrogens with zero attached hydrogens (tertiary/aromatic N) is 2. The fourth-order valence-electron chi connectivity index (χ4n) is 3.10. The quantitative estimate of drug-likeness (QED) is 0.191. The Labute approximate surface area is 184 Å². The molecule has 3 aromatic rings. The molecule has 0 aliphatic carbocycles. The van der Waals surface area contributed by atoms with Crippen LogP contribution in [0.25, 0.3) is 0 Å². The molecule has 0 fully saturated rings. The highest BCUT2D eigenvalue weighted by molar-refractivity contribution is 6.50. The van der Waals surface area contributed by atoms with Crippen molar-refractivity contribution in [2.75, 3.05) is 13.6 Å². The highest BCUT2D eigenvalue weighted by Crippen LogP contribution is 2.38. The molecule has 1 atom stereocenters. The molecule has 0 spiro atoms. The first-order valence-electron chi connectivity index (χ1n) is 9.78. The van der Waals surface area contributed by atoms with Gasteiger partial charge in [0.25, 0.3) is 5.84 Å². The van der Waals surface area contributed by atoms with Crippen LogP contribution in [0, 0.1) is 23.7 Å². The van der Waals surface area contributed by atoms with E-state index in [4.69, 9.17) is 4.99 Å². The average Bonchev–Trinajstić information content (AvgIpc) is 3.05. The van der Waals surface area contributed by atoms with E-state index < -0.39 is 7.25 Å². The number of quaternary nitrogens is 1. The van der Waals surface area contributed by atoms with Crippen molar-refractivity contribution in [3.63, 3.8) is 0 Å². The van der Waals surface area contributed by atoms with Gasteiger partial charge in [-0.1, -0.05) is 60.4 Å². The summed E-state index contributed by atoms with van der Waals surface area (Å²) in [5, 5.41) is 0. The molecule has 0 N–H and O–H groups in total. The van der Waals surface area contributed by atoms with Crippen LogP contribution in [0.4, 0.5) is 28.6 Å². The SMILES string of the molecule is C[N+]1(CC#Cc2ccccc2)C(C#Cc2ccccc2)=Nc2ccccc21.F[B-](F)(F)F. The van der Waals surface area contributed by atoms with E-state index in [-0.39, 0.29) is 0 Å². The maximum absolute atomic E-state index is 9.75. The number of amidine groups is 1. The first-order valence-corrected chi connectivity index (χ1v) is 9.78. The lowest BCUT2D eigenvalue weighted by Crippen LogP contribution is -2.48. The van der Waals surface area contributed by atoms with Crippen molar-refractivity contribution in [1.82, 2.24) is 4.48 Å². The fraction of sp³-hybridized carbons (Fsp3) is 0.0800. The summed E-state index contributed by atoms with van der Waals surface area (Å²) in [5.74, 6) is 13.9. The van der Waals surface area contributed by atoms with Gasteiger partial charge in [0.05, 0.1) is 7.05 Å². The zero-order valence-electron chi connectivity index (χ0n) is 17.3. The number of fused-ring (bicyclic) bond motifs is 1. The van der Waals surface area contributed by atoms with Gasteiger partial charge >= 0.3 is 7.25 Å². The van der Waals surface area contributed by atoms with E-state index in [1.54, 1.807) is 0 Å². The van der Waals surface area contributed by atoms with Gasteiger partial charge in [0.1, 0.15) is 5.69 Å². The Balaban J connectivity index is 0.000000523. The second-order valence-electron chi connectivity index (χ2n) is 7.05. The van der Waals surface area contributed by atoms with Crippen molar-refractivity contribution in [2.24, 2.45) is 4.99 Å². The van der Waals surface area contributed by atoms with Crippen molar-refractivity contribution in [2.45, 2.75) is 0 Å². The van der Waals surface area contributed by atoms with Gasteiger partial charge in [0.2, 0.25) is 0 Å². The van der Waals surface area contributed by atoms with Crippen LogP contribution in [0.5, 0.6) is 0 Å². The zero-order chi connectivity index (χ0) is 23.0. The van der Waals surface area contributed by atoms with Gasteiger partial charge in [-0.05, 0) is 36.3 Å². The second-order valence-corrected chi connectivity index (χ2v) is 7.05. The number of hydrogen-bond donors (Lipinski definition) is 0. The predicted octanol–water partition coefficient (Wildman–Crippen LogP) is 6.07. The van der Waals surface area contributed by atoms with Gasteiger partial charge in [-0.25, -0.2) is 4.48 Å². The number of rotatable bonds is 1. The molecule has 0 saturated heterocycles. The van der Waals surface area contributed by atoms with Crippen LogP contribution < -0.4 is 4.48 Å². The van der Waals surface area contributed by atoms with Gasteiger partial charge in [-0.2, -0.15) is 4.99 Å². The molecule has 2 nitrogen and oxygen atoms in total. The molecule has 4 rings (SSSR count). The Morgan fingerprint density at radius 1 is 0.719 bits per heavy atom. The first-order chi connectivity index (χ1) is 15.3. The summed E-state index contributed by atoms with van der Waals surface area (Å²) in [5.41, 5.74) is 4.11. The van der Waals surface area contributed by atoms with E-state index in [9.17, 15) is 17.3 Å². The molecular weight excluding hydrogens is 415 g/mol. The molecule has 1 aliphatic heterocycles. The Hall–Kier alpha value is -3.81. The van der Waals surface area contributed by atoms with Gasteiger partial charge in [0, 0.05) is 23.1 Å². The summed E-state index contributed by atoms with van der Waals surface area (Å²) >= 11 is 0.